The Morgan fingerprint density at radius 2 is 2.25 bits per heavy atom. The van der Waals surface area contributed by atoms with E-state index >= 15 is 0 Å². The van der Waals surface area contributed by atoms with Crippen LogP contribution in [0.2, 0.25) is 0 Å². The summed E-state index contributed by atoms with van der Waals surface area (Å²) in [7, 11) is 1.61. The Kier molecular flexibility index (Phi) is 4.00. The normalized spacial score (nSPS) is 10.4. The van der Waals surface area contributed by atoms with E-state index in [-0.39, 0.29) is 5.91 Å². The van der Waals surface area contributed by atoms with E-state index in [0.29, 0.717) is 5.56 Å². The van der Waals surface area contributed by atoms with Gasteiger partial charge in [0.25, 0.3) is 5.91 Å². The Morgan fingerprint density at radius 1 is 1.56 bits per heavy atom. The number of aromatic nitrogens is 1. The second-order valence-electron chi connectivity index (χ2n) is 3.38. The largest absolute Gasteiger partial charge is 0.355 e. The van der Waals surface area contributed by atoms with E-state index < -0.39 is 0 Å². The van der Waals surface area contributed by atoms with Crippen LogP contribution in [-0.2, 0) is 0 Å². The summed E-state index contributed by atoms with van der Waals surface area (Å²) >= 11 is 0. The van der Waals surface area contributed by atoms with Crippen LogP contribution in [0, 0.1) is 6.92 Å². The number of nitrogens with one attached hydrogen (secondary N) is 1. The molecule has 0 aromatic carbocycles. The van der Waals surface area contributed by atoms with Crippen LogP contribution in [-0.4, -0.2) is 17.9 Å². The van der Waals surface area contributed by atoms with Crippen LogP contribution >= 0.6 is 0 Å². The molecule has 0 fully saturated rings. The molecular formula is C13H16N2O. The van der Waals surface area contributed by atoms with Gasteiger partial charge in [-0.05, 0) is 26.0 Å². The predicted octanol–water partition coefficient (Wildman–Crippen LogP) is 2.43. The maximum Gasteiger partial charge on any atom is 0.252 e. The van der Waals surface area contributed by atoms with E-state index in [1.807, 2.05) is 32.1 Å². The number of rotatable bonds is 3. The standard InChI is InChI=1S/C13H16N2O/c1-5-7-12-10(6-2)8-11(9(3)15-12)13(16)14-4/h5-8H,2H2,1,3-4H3,(H,14,16)/b7-5-. The van der Waals surface area contributed by atoms with Gasteiger partial charge >= 0.3 is 0 Å². The van der Waals surface area contributed by atoms with Gasteiger partial charge in [-0.25, -0.2) is 0 Å². The Balaban J connectivity index is 3.36. The molecule has 16 heavy (non-hydrogen) atoms. The maximum atomic E-state index is 11.6. The van der Waals surface area contributed by atoms with Crippen molar-refractivity contribution in [3.05, 3.63) is 41.2 Å². The van der Waals surface area contributed by atoms with Crippen molar-refractivity contribution >= 4 is 18.1 Å². The van der Waals surface area contributed by atoms with Gasteiger partial charge in [0.05, 0.1) is 17.0 Å². The molecule has 3 heteroatoms. The molecule has 0 radical (unpaired) electrons. The van der Waals surface area contributed by atoms with Crippen molar-refractivity contribution in [2.75, 3.05) is 7.05 Å². The minimum Gasteiger partial charge on any atom is -0.355 e. The van der Waals surface area contributed by atoms with E-state index in [1.54, 1.807) is 13.1 Å². The smallest absolute Gasteiger partial charge is 0.252 e. The van der Waals surface area contributed by atoms with Gasteiger partial charge in [0.1, 0.15) is 0 Å². The summed E-state index contributed by atoms with van der Waals surface area (Å²) in [4.78, 5) is 16.0. The number of allylic oxidation sites excluding steroid dienone is 1. The number of hydrogen-bond acceptors (Lipinski definition) is 2. The molecule has 0 aliphatic carbocycles. The van der Waals surface area contributed by atoms with Crippen molar-refractivity contribution in [3.8, 4) is 0 Å². The molecule has 0 saturated heterocycles. The van der Waals surface area contributed by atoms with Crippen molar-refractivity contribution < 1.29 is 4.79 Å². The van der Waals surface area contributed by atoms with Crippen molar-refractivity contribution in [1.29, 1.82) is 0 Å². The molecule has 1 aromatic heterocycles. The molecule has 1 amide bonds. The molecule has 1 N–H and O–H groups in total. The lowest BCUT2D eigenvalue weighted by Gasteiger charge is -2.08. The number of pyridine rings is 1. The van der Waals surface area contributed by atoms with Crippen molar-refractivity contribution in [3.63, 3.8) is 0 Å². The van der Waals surface area contributed by atoms with Gasteiger partial charge in [-0.15, -0.1) is 0 Å². The highest BCUT2D eigenvalue weighted by molar-refractivity contribution is 5.95. The molecular weight excluding hydrogens is 200 g/mol. The molecule has 0 unspecified atom stereocenters. The Hall–Kier alpha value is -1.90. The topological polar surface area (TPSA) is 42.0 Å². The van der Waals surface area contributed by atoms with Crippen LogP contribution in [0.15, 0.2) is 18.7 Å². The minimum atomic E-state index is -0.125. The van der Waals surface area contributed by atoms with E-state index in [2.05, 4.69) is 16.9 Å². The fourth-order valence-corrected chi connectivity index (χ4v) is 1.46. The highest BCUT2D eigenvalue weighted by atomic mass is 16.1. The lowest BCUT2D eigenvalue weighted by Crippen LogP contribution is -2.20. The van der Waals surface area contributed by atoms with E-state index in [4.69, 9.17) is 0 Å². The average Bonchev–Trinajstić information content (AvgIpc) is 2.29. The van der Waals surface area contributed by atoms with Crippen LogP contribution in [0.4, 0.5) is 0 Å². The molecule has 0 spiro atoms. The maximum absolute atomic E-state index is 11.6. The second-order valence-corrected chi connectivity index (χ2v) is 3.38. The third-order valence-electron chi connectivity index (χ3n) is 2.29. The van der Waals surface area contributed by atoms with E-state index in [1.165, 1.54) is 0 Å². The molecule has 0 aliphatic heterocycles. The molecule has 1 aromatic rings. The third-order valence-corrected chi connectivity index (χ3v) is 2.29. The summed E-state index contributed by atoms with van der Waals surface area (Å²) in [6.07, 6.45) is 5.51. The van der Waals surface area contributed by atoms with Crippen LogP contribution in [0.5, 0.6) is 0 Å². The quantitative estimate of drug-likeness (QED) is 0.843. The first kappa shape index (κ1) is 12.2. The molecule has 84 valence electrons. The summed E-state index contributed by atoms with van der Waals surface area (Å²) in [5, 5.41) is 2.59. The van der Waals surface area contributed by atoms with Crippen LogP contribution in [0.1, 0.15) is 34.2 Å². The summed E-state index contributed by atoms with van der Waals surface area (Å²) in [6.45, 7) is 7.48. The Labute approximate surface area is 95.9 Å². The number of aryl methyl sites for hydroxylation is 1. The van der Waals surface area contributed by atoms with Gasteiger partial charge in [-0.2, -0.15) is 0 Å². The first-order valence-corrected chi connectivity index (χ1v) is 5.12. The van der Waals surface area contributed by atoms with Gasteiger partial charge < -0.3 is 5.32 Å². The molecule has 1 rings (SSSR count). The van der Waals surface area contributed by atoms with Crippen molar-refractivity contribution in [1.82, 2.24) is 10.3 Å². The monoisotopic (exact) mass is 216 g/mol. The first-order chi connectivity index (χ1) is 7.63. The summed E-state index contributed by atoms with van der Waals surface area (Å²) in [5.74, 6) is -0.125. The van der Waals surface area contributed by atoms with Crippen LogP contribution in [0.3, 0.4) is 0 Å². The molecule has 0 saturated carbocycles. The zero-order valence-electron chi connectivity index (χ0n) is 9.87. The van der Waals surface area contributed by atoms with Crippen molar-refractivity contribution in [2.24, 2.45) is 0 Å². The summed E-state index contributed by atoms with van der Waals surface area (Å²) in [5.41, 5.74) is 3.01. The number of carbonyl (C=O) groups is 1. The van der Waals surface area contributed by atoms with Gasteiger partial charge in [0.2, 0.25) is 0 Å². The zero-order chi connectivity index (χ0) is 12.1. The Bertz CT molecular complexity index is 447. The predicted molar refractivity (Wildman–Crippen MR) is 67.2 cm³/mol. The van der Waals surface area contributed by atoms with Crippen LogP contribution < -0.4 is 5.32 Å². The van der Waals surface area contributed by atoms with E-state index in [9.17, 15) is 4.79 Å². The van der Waals surface area contributed by atoms with Gasteiger partial charge in [-0.1, -0.05) is 18.7 Å². The van der Waals surface area contributed by atoms with Crippen LogP contribution in [0.25, 0.3) is 12.2 Å². The molecule has 3 nitrogen and oxygen atoms in total. The van der Waals surface area contributed by atoms with Crippen molar-refractivity contribution in [2.45, 2.75) is 13.8 Å². The number of nitrogens with zero attached hydrogens (tertiary/aromatic N) is 1. The second kappa shape index (κ2) is 5.26. The highest BCUT2D eigenvalue weighted by Crippen LogP contribution is 2.15. The summed E-state index contributed by atoms with van der Waals surface area (Å²) < 4.78 is 0. The fraction of sp³-hybridized carbons (Fsp3) is 0.231. The molecule has 0 bridgehead atoms. The SMILES string of the molecule is C=Cc1cc(C(=O)NC)c(C)nc1/C=C\C. The lowest BCUT2D eigenvalue weighted by molar-refractivity contribution is 0.0962. The average molecular weight is 216 g/mol. The fourth-order valence-electron chi connectivity index (χ4n) is 1.46. The van der Waals surface area contributed by atoms with E-state index in [0.717, 1.165) is 17.0 Å². The number of amides is 1. The van der Waals surface area contributed by atoms with Gasteiger partial charge in [-0.3, -0.25) is 9.78 Å². The molecule has 1 heterocycles. The number of hydrogen-bond donors (Lipinski definition) is 1. The Morgan fingerprint density at radius 3 is 2.75 bits per heavy atom. The minimum absolute atomic E-state index is 0.125. The van der Waals surface area contributed by atoms with Gasteiger partial charge in [0.15, 0.2) is 0 Å². The summed E-state index contributed by atoms with van der Waals surface area (Å²) in [6, 6.07) is 1.81. The highest BCUT2D eigenvalue weighted by Gasteiger charge is 2.10. The lowest BCUT2D eigenvalue weighted by atomic mass is 10.1. The first-order valence-electron chi connectivity index (χ1n) is 5.12. The zero-order valence-corrected chi connectivity index (χ0v) is 9.87. The third kappa shape index (κ3) is 2.37. The molecule has 0 aliphatic rings. The molecule has 0 atom stereocenters. The number of carbonyl (C=O) groups excluding carboxylic acids is 1. The van der Waals surface area contributed by atoms with Gasteiger partial charge in [0, 0.05) is 12.6 Å².